The van der Waals surface area contributed by atoms with E-state index in [2.05, 4.69) is 63.3 Å². The Hall–Kier alpha value is -2.14. The molecule has 0 amide bonds. The van der Waals surface area contributed by atoms with Crippen LogP contribution in [0.2, 0.25) is 0 Å². The van der Waals surface area contributed by atoms with Gasteiger partial charge in [-0.3, -0.25) is 9.59 Å². The van der Waals surface area contributed by atoms with E-state index < -0.39 is 6.10 Å². The van der Waals surface area contributed by atoms with Crippen molar-refractivity contribution in [2.75, 3.05) is 19.8 Å². The zero-order chi connectivity index (χ0) is 37.8. The lowest BCUT2D eigenvalue weighted by molar-refractivity contribution is -0.162. The minimum Gasteiger partial charge on any atom is -0.462 e. The Balaban J connectivity index is 4.33. The highest BCUT2D eigenvalue weighted by Crippen LogP contribution is 2.14. The van der Waals surface area contributed by atoms with E-state index in [1.165, 1.54) is 122 Å². The van der Waals surface area contributed by atoms with Gasteiger partial charge in [-0.05, 0) is 44.9 Å². The molecule has 0 aliphatic carbocycles. The van der Waals surface area contributed by atoms with Crippen molar-refractivity contribution in [2.45, 2.75) is 219 Å². The summed E-state index contributed by atoms with van der Waals surface area (Å²) in [5.74, 6) is -0.486. The van der Waals surface area contributed by atoms with Crippen molar-refractivity contribution >= 4 is 11.9 Å². The van der Waals surface area contributed by atoms with Crippen molar-refractivity contribution in [1.82, 2.24) is 0 Å². The Kier molecular flexibility index (Phi) is 41.5. The number of esters is 2. The summed E-state index contributed by atoms with van der Waals surface area (Å²) in [6.45, 7) is 7.64. The summed E-state index contributed by atoms with van der Waals surface area (Å²) >= 11 is 0. The topological polar surface area (TPSA) is 61.8 Å². The molecular formula is C47H84O5. The van der Waals surface area contributed by atoms with Crippen molar-refractivity contribution in [3.05, 3.63) is 48.6 Å². The maximum absolute atomic E-state index is 12.7. The van der Waals surface area contributed by atoms with E-state index in [-0.39, 0.29) is 25.2 Å². The Morgan fingerprint density at radius 1 is 0.442 bits per heavy atom. The van der Waals surface area contributed by atoms with Gasteiger partial charge in [0.15, 0.2) is 6.10 Å². The first kappa shape index (κ1) is 49.9. The molecule has 0 aromatic heterocycles. The van der Waals surface area contributed by atoms with E-state index >= 15 is 0 Å². The van der Waals surface area contributed by atoms with Crippen LogP contribution in [0.25, 0.3) is 0 Å². The smallest absolute Gasteiger partial charge is 0.306 e. The van der Waals surface area contributed by atoms with E-state index in [1.54, 1.807) is 0 Å². The highest BCUT2D eigenvalue weighted by atomic mass is 16.6. The van der Waals surface area contributed by atoms with Gasteiger partial charge in [-0.2, -0.15) is 0 Å². The maximum atomic E-state index is 12.7. The monoisotopic (exact) mass is 729 g/mol. The van der Waals surface area contributed by atoms with E-state index in [9.17, 15) is 9.59 Å². The van der Waals surface area contributed by atoms with Crippen LogP contribution in [0.5, 0.6) is 0 Å². The van der Waals surface area contributed by atoms with Crippen LogP contribution in [0.3, 0.4) is 0 Å². The summed E-state index contributed by atoms with van der Waals surface area (Å²) in [6.07, 6.45) is 51.2. The number of carbonyl (C=O) groups excluding carboxylic acids is 2. The molecule has 52 heavy (non-hydrogen) atoms. The third-order valence-corrected chi connectivity index (χ3v) is 9.39. The van der Waals surface area contributed by atoms with E-state index in [0.29, 0.717) is 25.9 Å². The molecule has 0 rings (SSSR count). The highest BCUT2D eigenvalue weighted by molar-refractivity contribution is 5.70. The summed E-state index contributed by atoms with van der Waals surface area (Å²) in [5.41, 5.74) is 0. The van der Waals surface area contributed by atoms with Crippen LogP contribution in [0.4, 0.5) is 0 Å². The summed E-state index contributed by atoms with van der Waals surface area (Å²) < 4.78 is 17.2. The molecule has 1 atom stereocenters. The molecule has 0 fully saturated rings. The molecule has 0 heterocycles. The van der Waals surface area contributed by atoms with Gasteiger partial charge in [0.2, 0.25) is 0 Å². The van der Waals surface area contributed by atoms with Gasteiger partial charge in [0.05, 0.1) is 6.61 Å². The molecule has 5 nitrogen and oxygen atoms in total. The van der Waals surface area contributed by atoms with Gasteiger partial charge >= 0.3 is 11.9 Å². The van der Waals surface area contributed by atoms with Crippen LogP contribution >= 0.6 is 0 Å². The molecule has 0 radical (unpaired) electrons. The molecule has 0 saturated carbocycles. The molecule has 0 aromatic rings. The fraction of sp³-hybridized carbons (Fsp3) is 0.787. The van der Waals surface area contributed by atoms with Crippen molar-refractivity contribution in [3.8, 4) is 0 Å². The van der Waals surface area contributed by atoms with Crippen LogP contribution in [-0.2, 0) is 23.8 Å². The summed E-state index contributed by atoms with van der Waals surface area (Å²) in [5, 5.41) is 0. The summed E-state index contributed by atoms with van der Waals surface area (Å²) in [4.78, 5) is 25.1. The Labute approximate surface area is 322 Å². The zero-order valence-electron chi connectivity index (χ0n) is 34.6. The first-order valence-corrected chi connectivity index (χ1v) is 22.2. The summed E-state index contributed by atoms with van der Waals surface area (Å²) in [7, 11) is 0. The normalized spacial score (nSPS) is 12.6. The molecule has 0 aromatic carbocycles. The Morgan fingerprint density at radius 2 is 0.865 bits per heavy atom. The van der Waals surface area contributed by atoms with Gasteiger partial charge < -0.3 is 14.2 Å². The molecule has 302 valence electrons. The molecular weight excluding hydrogens is 645 g/mol. The number of allylic oxidation sites excluding steroid dienone is 8. The van der Waals surface area contributed by atoms with Crippen molar-refractivity contribution in [1.29, 1.82) is 0 Å². The zero-order valence-corrected chi connectivity index (χ0v) is 34.6. The number of carbonyl (C=O) groups is 2. The van der Waals surface area contributed by atoms with Crippen LogP contribution in [-0.4, -0.2) is 37.9 Å². The fourth-order valence-electron chi connectivity index (χ4n) is 6.11. The standard InChI is InChI=1S/C47H84O5/c1-4-7-10-13-16-19-22-24-26-28-31-34-37-40-46(48)51-44-45(43-50-42-39-36-33-30-27-23-20-17-14-11-8-5-2)52-47(49)41-38-35-32-29-25-21-18-15-12-9-6-3/h7,10,16,19,24,26,31,34,45H,4-6,8-9,11-15,17-18,20-23,25,27-30,32-33,35-44H2,1-3H3/b10-7-,19-16-,26-24-,34-31-. The minimum atomic E-state index is -0.557. The van der Waals surface area contributed by atoms with E-state index in [4.69, 9.17) is 14.2 Å². The lowest BCUT2D eigenvalue weighted by atomic mass is 10.1. The third kappa shape index (κ3) is 40.6. The molecule has 5 heteroatoms. The predicted molar refractivity (Wildman–Crippen MR) is 224 cm³/mol. The average molecular weight is 729 g/mol. The van der Waals surface area contributed by atoms with Crippen LogP contribution in [0.15, 0.2) is 48.6 Å². The minimum absolute atomic E-state index is 0.0511. The third-order valence-electron chi connectivity index (χ3n) is 9.39. The van der Waals surface area contributed by atoms with Crippen LogP contribution in [0, 0.1) is 0 Å². The second kappa shape index (κ2) is 43.3. The average Bonchev–Trinajstić information content (AvgIpc) is 3.14. The number of ether oxygens (including phenoxy) is 3. The Bertz CT molecular complexity index is 873. The number of rotatable bonds is 40. The fourth-order valence-corrected chi connectivity index (χ4v) is 6.11. The van der Waals surface area contributed by atoms with Crippen LogP contribution in [0.1, 0.15) is 213 Å². The largest absolute Gasteiger partial charge is 0.462 e. The molecule has 0 bridgehead atoms. The molecule has 0 saturated heterocycles. The second-order valence-electron chi connectivity index (χ2n) is 14.6. The molecule has 0 N–H and O–H groups in total. The van der Waals surface area contributed by atoms with Gasteiger partial charge in [0, 0.05) is 19.4 Å². The predicted octanol–water partition coefficient (Wildman–Crippen LogP) is 14.4. The molecule has 1 unspecified atom stereocenters. The van der Waals surface area contributed by atoms with Crippen molar-refractivity contribution in [3.63, 3.8) is 0 Å². The highest BCUT2D eigenvalue weighted by Gasteiger charge is 2.17. The first-order chi connectivity index (χ1) is 25.6. The number of unbranched alkanes of at least 4 members (excludes halogenated alkanes) is 21. The second-order valence-corrected chi connectivity index (χ2v) is 14.6. The van der Waals surface area contributed by atoms with Gasteiger partial charge in [-0.15, -0.1) is 0 Å². The van der Waals surface area contributed by atoms with Gasteiger partial charge in [-0.25, -0.2) is 0 Å². The molecule has 0 spiro atoms. The number of hydrogen-bond acceptors (Lipinski definition) is 5. The summed E-state index contributed by atoms with van der Waals surface area (Å²) in [6, 6.07) is 0. The van der Waals surface area contributed by atoms with Crippen molar-refractivity contribution < 1.29 is 23.8 Å². The maximum Gasteiger partial charge on any atom is 0.306 e. The lowest BCUT2D eigenvalue weighted by Crippen LogP contribution is -2.30. The van der Waals surface area contributed by atoms with E-state index in [1.807, 2.05) is 6.08 Å². The lowest BCUT2D eigenvalue weighted by Gasteiger charge is -2.18. The van der Waals surface area contributed by atoms with Crippen LogP contribution < -0.4 is 0 Å². The molecule has 0 aliphatic rings. The molecule has 0 aliphatic heterocycles. The van der Waals surface area contributed by atoms with E-state index in [0.717, 1.165) is 51.4 Å². The van der Waals surface area contributed by atoms with Gasteiger partial charge in [-0.1, -0.05) is 204 Å². The van der Waals surface area contributed by atoms with Crippen molar-refractivity contribution in [2.24, 2.45) is 0 Å². The Morgan fingerprint density at radius 3 is 1.35 bits per heavy atom. The van der Waals surface area contributed by atoms with Gasteiger partial charge in [0.1, 0.15) is 6.61 Å². The first-order valence-electron chi connectivity index (χ1n) is 22.2. The SMILES string of the molecule is CC/C=C\C/C=C\C/C=C\C/C=C\CCC(=O)OCC(COCCCCCCCCCCCCCC)OC(=O)CCCCCCCCCCCCC. The number of hydrogen-bond donors (Lipinski definition) is 0. The quantitative estimate of drug-likeness (QED) is 0.0357. The van der Waals surface area contributed by atoms with Gasteiger partial charge in [0.25, 0.3) is 0 Å².